The maximum Gasteiger partial charge on any atom is 0.222 e. The summed E-state index contributed by atoms with van der Waals surface area (Å²) in [5.74, 6) is 1.15. The molecule has 2 unspecified atom stereocenters. The van der Waals surface area contributed by atoms with E-state index in [2.05, 4.69) is 31.0 Å². The van der Waals surface area contributed by atoms with Gasteiger partial charge in [0.05, 0.1) is 0 Å². The number of nitrogens with one attached hydrogen (secondary N) is 1. The zero-order valence-corrected chi connectivity index (χ0v) is 14.3. The monoisotopic (exact) mass is 294 g/mol. The van der Waals surface area contributed by atoms with Crippen molar-refractivity contribution in [3.63, 3.8) is 0 Å². The lowest BCUT2D eigenvalue weighted by Crippen LogP contribution is -2.37. The molecule has 0 spiro atoms. The molecule has 0 aliphatic carbocycles. The number of hydrogen-bond acceptors (Lipinski definition) is 2. The minimum absolute atomic E-state index is 0.380. The van der Waals surface area contributed by atoms with Crippen LogP contribution < -0.4 is 5.32 Å². The highest BCUT2D eigenvalue weighted by atomic mass is 16.2. The Morgan fingerprint density at radius 3 is 2.57 bits per heavy atom. The van der Waals surface area contributed by atoms with Gasteiger partial charge in [-0.3, -0.25) is 4.79 Å². The van der Waals surface area contributed by atoms with Gasteiger partial charge in [-0.2, -0.15) is 0 Å². The molecular weight excluding hydrogens is 260 g/mol. The summed E-state index contributed by atoms with van der Waals surface area (Å²) in [4.78, 5) is 14.6. The Kier molecular flexibility index (Phi) is 6.09. The van der Waals surface area contributed by atoms with Gasteiger partial charge in [0.1, 0.15) is 0 Å². The molecule has 1 amide bonds. The van der Waals surface area contributed by atoms with Gasteiger partial charge < -0.3 is 10.2 Å². The third kappa shape index (κ3) is 5.28. The molecule has 21 heavy (non-hydrogen) atoms. The molecule has 2 aliphatic heterocycles. The Balaban J connectivity index is 1.74. The molecule has 0 aromatic rings. The van der Waals surface area contributed by atoms with Crippen LogP contribution in [0.15, 0.2) is 0 Å². The molecule has 0 saturated carbocycles. The summed E-state index contributed by atoms with van der Waals surface area (Å²) < 4.78 is 0. The fraction of sp³-hybridized carbons (Fsp3) is 0.944. The molecule has 2 fully saturated rings. The van der Waals surface area contributed by atoms with Crippen LogP contribution in [-0.2, 0) is 4.79 Å². The summed E-state index contributed by atoms with van der Waals surface area (Å²) in [6.45, 7) is 10.1. The zero-order chi connectivity index (χ0) is 15.3. The minimum atomic E-state index is 0.380. The normalized spacial score (nSPS) is 28.2. The highest BCUT2D eigenvalue weighted by Crippen LogP contribution is 2.34. The molecule has 2 rings (SSSR count). The lowest BCUT2D eigenvalue weighted by Gasteiger charge is -2.30. The van der Waals surface area contributed by atoms with Gasteiger partial charge in [-0.1, -0.05) is 27.2 Å². The maximum absolute atomic E-state index is 12.4. The Morgan fingerprint density at radius 1 is 1.10 bits per heavy atom. The van der Waals surface area contributed by atoms with Crippen LogP contribution >= 0.6 is 0 Å². The van der Waals surface area contributed by atoms with E-state index in [1.165, 1.54) is 38.5 Å². The SMILES string of the molecule is CC(C)(C)C1CCCN(C(=O)CCC2CCCCN2)CC1. The summed E-state index contributed by atoms with van der Waals surface area (Å²) in [5, 5.41) is 3.55. The molecule has 122 valence electrons. The van der Waals surface area contributed by atoms with Crippen LogP contribution in [0.5, 0.6) is 0 Å². The van der Waals surface area contributed by atoms with Crippen molar-refractivity contribution in [2.75, 3.05) is 19.6 Å². The smallest absolute Gasteiger partial charge is 0.222 e. The third-order valence-electron chi connectivity index (χ3n) is 5.42. The molecule has 2 aliphatic rings. The second kappa shape index (κ2) is 7.62. The molecule has 2 saturated heterocycles. The molecule has 0 aromatic carbocycles. The fourth-order valence-electron chi connectivity index (χ4n) is 3.84. The first kappa shape index (κ1) is 16.8. The Labute approximate surface area is 130 Å². The number of nitrogens with zero attached hydrogens (tertiary/aromatic N) is 1. The van der Waals surface area contributed by atoms with Gasteiger partial charge in [0.15, 0.2) is 0 Å². The van der Waals surface area contributed by atoms with Gasteiger partial charge in [0.25, 0.3) is 0 Å². The second-order valence-corrected chi connectivity index (χ2v) is 8.06. The number of hydrogen-bond donors (Lipinski definition) is 1. The van der Waals surface area contributed by atoms with Crippen molar-refractivity contribution >= 4 is 5.91 Å². The van der Waals surface area contributed by atoms with Crippen molar-refractivity contribution < 1.29 is 4.79 Å². The molecule has 0 radical (unpaired) electrons. The molecule has 3 heteroatoms. The van der Waals surface area contributed by atoms with Gasteiger partial charge in [-0.25, -0.2) is 0 Å². The summed E-state index contributed by atoms with van der Waals surface area (Å²) >= 11 is 0. The highest BCUT2D eigenvalue weighted by Gasteiger charge is 2.28. The van der Waals surface area contributed by atoms with E-state index in [4.69, 9.17) is 0 Å². The quantitative estimate of drug-likeness (QED) is 0.863. The number of rotatable bonds is 3. The van der Waals surface area contributed by atoms with Gasteiger partial charge in [-0.05, 0) is 56.4 Å². The van der Waals surface area contributed by atoms with Crippen molar-refractivity contribution in [2.24, 2.45) is 11.3 Å². The average molecular weight is 294 g/mol. The largest absolute Gasteiger partial charge is 0.343 e. The van der Waals surface area contributed by atoms with E-state index < -0.39 is 0 Å². The van der Waals surface area contributed by atoms with Crippen molar-refractivity contribution in [1.29, 1.82) is 0 Å². The van der Waals surface area contributed by atoms with Crippen LogP contribution in [0.2, 0.25) is 0 Å². The number of carbonyl (C=O) groups is 1. The van der Waals surface area contributed by atoms with E-state index in [1.54, 1.807) is 0 Å². The predicted molar refractivity (Wildman–Crippen MR) is 88.3 cm³/mol. The zero-order valence-electron chi connectivity index (χ0n) is 14.3. The Bertz CT molecular complexity index is 329. The first-order valence-corrected chi connectivity index (χ1v) is 8.98. The molecule has 0 aromatic heterocycles. The van der Waals surface area contributed by atoms with Gasteiger partial charge in [-0.15, -0.1) is 0 Å². The first-order valence-electron chi connectivity index (χ1n) is 8.98. The summed E-state index contributed by atoms with van der Waals surface area (Å²) in [6.07, 6.45) is 9.26. The summed E-state index contributed by atoms with van der Waals surface area (Å²) in [7, 11) is 0. The summed E-state index contributed by atoms with van der Waals surface area (Å²) in [5.41, 5.74) is 0.380. The topological polar surface area (TPSA) is 32.3 Å². The van der Waals surface area contributed by atoms with Crippen LogP contribution in [0.25, 0.3) is 0 Å². The second-order valence-electron chi connectivity index (χ2n) is 8.06. The highest BCUT2D eigenvalue weighted by molar-refractivity contribution is 5.76. The van der Waals surface area contributed by atoms with Crippen LogP contribution in [0.4, 0.5) is 0 Å². The van der Waals surface area contributed by atoms with Crippen LogP contribution in [-0.4, -0.2) is 36.5 Å². The number of likely N-dealkylation sites (tertiary alicyclic amines) is 1. The van der Waals surface area contributed by atoms with E-state index in [1.807, 2.05) is 0 Å². The van der Waals surface area contributed by atoms with Crippen molar-refractivity contribution in [3.05, 3.63) is 0 Å². The van der Waals surface area contributed by atoms with Gasteiger partial charge in [0, 0.05) is 25.6 Å². The van der Waals surface area contributed by atoms with Crippen LogP contribution in [0.3, 0.4) is 0 Å². The molecule has 2 atom stereocenters. The van der Waals surface area contributed by atoms with Crippen molar-refractivity contribution in [3.8, 4) is 0 Å². The fourth-order valence-corrected chi connectivity index (χ4v) is 3.84. The van der Waals surface area contributed by atoms with E-state index in [0.717, 1.165) is 38.4 Å². The standard InChI is InChI=1S/C18H34N2O/c1-18(2,3)15-7-6-13-20(14-11-15)17(21)10-9-16-8-4-5-12-19-16/h15-16,19H,4-14H2,1-3H3. The Morgan fingerprint density at radius 2 is 1.90 bits per heavy atom. The average Bonchev–Trinajstić information content (AvgIpc) is 2.71. The van der Waals surface area contributed by atoms with E-state index >= 15 is 0 Å². The minimum Gasteiger partial charge on any atom is -0.343 e. The lowest BCUT2D eigenvalue weighted by atomic mass is 9.77. The number of amides is 1. The van der Waals surface area contributed by atoms with Crippen molar-refractivity contribution in [2.45, 2.75) is 78.2 Å². The maximum atomic E-state index is 12.4. The number of piperidine rings is 1. The van der Waals surface area contributed by atoms with Gasteiger partial charge >= 0.3 is 0 Å². The molecule has 0 bridgehead atoms. The predicted octanol–water partition coefficient (Wildman–Crippen LogP) is 3.58. The number of carbonyl (C=O) groups excluding carboxylic acids is 1. The molecular formula is C18H34N2O. The lowest BCUT2D eigenvalue weighted by molar-refractivity contribution is -0.131. The molecule has 1 N–H and O–H groups in total. The Hall–Kier alpha value is -0.570. The van der Waals surface area contributed by atoms with Crippen LogP contribution in [0, 0.1) is 11.3 Å². The van der Waals surface area contributed by atoms with Gasteiger partial charge in [0.2, 0.25) is 5.91 Å². The van der Waals surface area contributed by atoms with Crippen molar-refractivity contribution in [1.82, 2.24) is 10.2 Å². The molecule has 3 nitrogen and oxygen atoms in total. The van der Waals surface area contributed by atoms with E-state index in [0.29, 0.717) is 17.4 Å². The first-order chi connectivity index (χ1) is 9.97. The van der Waals surface area contributed by atoms with E-state index in [-0.39, 0.29) is 0 Å². The van der Waals surface area contributed by atoms with E-state index in [9.17, 15) is 4.79 Å². The molecule has 2 heterocycles. The summed E-state index contributed by atoms with van der Waals surface area (Å²) in [6, 6.07) is 0.581. The van der Waals surface area contributed by atoms with Crippen LogP contribution in [0.1, 0.15) is 72.1 Å². The third-order valence-corrected chi connectivity index (χ3v) is 5.42.